The van der Waals surface area contributed by atoms with Gasteiger partial charge in [-0.2, -0.15) is 0 Å². The van der Waals surface area contributed by atoms with Crippen LogP contribution in [0, 0.1) is 0 Å². The third-order valence-corrected chi connectivity index (χ3v) is 3.34. The summed E-state index contributed by atoms with van der Waals surface area (Å²) in [5, 5.41) is 0. The number of rotatable bonds is 2. The fourth-order valence-corrected chi connectivity index (χ4v) is 2.57. The van der Waals surface area contributed by atoms with Crippen LogP contribution in [0.3, 0.4) is 0 Å². The van der Waals surface area contributed by atoms with Crippen molar-refractivity contribution in [3.63, 3.8) is 0 Å². The van der Waals surface area contributed by atoms with Gasteiger partial charge in [-0.25, -0.2) is 0 Å². The van der Waals surface area contributed by atoms with Gasteiger partial charge in [0.1, 0.15) is 0 Å². The molecule has 0 aromatic heterocycles. The lowest BCUT2D eigenvalue weighted by atomic mass is 9.95. The molecule has 0 aliphatic carbocycles. The second kappa shape index (κ2) is 4.26. The molecule has 1 aromatic carbocycles. The predicted octanol–water partition coefficient (Wildman–Crippen LogP) is 3.41. The van der Waals surface area contributed by atoms with Crippen LogP contribution >= 0.6 is 0 Å². The van der Waals surface area contributed by atoms with E-state index in [1.165, 1.54) is 30.6 Å². The van der Waals surface area contributed by atoms with Gasteiger partial charge in [-0.3, -0.25) is 0 Å². The zero-order valence-electron chi connectivity index (χ0n) is 10.1. The summed E-state index contributed by atoms with van der Waals surface area (Å²) in [6, 6.07) is 7.40. The smallest absolute Gasteiger partial charge is 0.0433 e. The number of para-hydroxylation sites is 1. The highest BCUT2D eigenvalue weighted by atomic mass is 15.2. The standard InChI is InChI=1S/C14H21N/c1-4-12-7-5-8-13-9-6-10-15(11(2)3)14(12)13/h5,7-8,11H,4,6,9-10H2,1-3H3. The van der Waals surface area contributed by atoms with E-state index in [2.05, 4.69) is 43.9 Å². The lowest BCUT2D eigenvalue weighted by Gasteiger charge is -2.36. The number of fused-ring (bicyclic) bond motifs is 1. The second-order valence-electron chi connectivity index (χ2n) is 4.67. The molecule has 1 aliphatic heterocycles. The Morgan fingerprint density at radius 3 is 2.80 bits per heavy atom. The summed E-state index contributed by atoms with van der Waals surface area (Å²) >= 11 is 0. The molecule has 0 spiro atoms. The summed E-state index contributed by atoms with van der Waals surface area (Å²) in [6.45, 7) is 8.06. The molecule has 1 aliphatic rings. The Morgan fingerprint density at radius 1 is 1.33 bits per heavy atom. The molecule has 15 heavy (non-hydrogen) atoms. The van der Waals surface area contributed by atoms with Crippen molar-refractivity contribution in [2.75, 3.05) is 11.4 Å². The van der Waals surface area contributed by atoms with E-state index in [1.54, 1.807) is 5.56 Å². The van der Waals surface area contributed by atoms with Gasteiger partial charge in [-0.1, -0.05) is 25.1 Å². The van der Waals surface area contributed by atoms with Gasteiger partial charge in [0, 0.05) is 18.3 Å². The molecule has 2 rings (SSSR count). The molecule has 0 saturated heterocycles. The minimum absolute atomic E-state index is 0.622. The van der Waals surface area contributed by atoms with E-state index >= 15 is 0 Å². The maximum Gasteiger partial charge on any atom is 0.0433 e. The van der Waals surface area contributed by atoms with Gasteiger partial charge in [-0.15, -0.1) is 0 Å². The van der Waals surface area contributed by atoms with Crippen LogP contribution in [-0.4, -0.2) is 12.6 Å². The third kappa shape index (κ3) is 1.88. The molecule has 0 unspecified atom stereocenters. The molecule has 1 nitrogen and oxygen atoms in total. The van der Waals surface area contributed by atoms with Crippen molar-refractivity contribution in [1.29, 1.82) is 0 Å². The highest BCUT2D eigenvalue weighted by Crippen LogP contribution is 2.32. The number of anilines is 1. The zero-order valence-corrected chi connectivity index (χ0v) is 10.1. The van der Waals surface area contributed by atoms with E-state index in [1.807, 2.05) is 0 Å². The van der Waals surface area contributed by atoms with E-state index in [-0.39, 0.29) is 0 Å². The Morgan fingerprint density at radius 2 is 2.13 bits per heavy atom. The first-order chi connectivity index (χ1) is 7.24. The normalized spacial score (nSPS) is 15.6. The lowest BCUT2D eigenvalue weighted by molar-refractivity contribution is 0.622. The molecule has 0 atom stereocenters. The second-order valence-corrected chi connectivity index (χ2v) is 4.67. The summed E-state index contributed by atoms with van der Waals surface area (Å²) in [7, 11) is 0. The van der Waals surface area contributed by atoms with Crippen molar-refractivity contribution in [2.24, 2.45) is 0 Å². The fourth-order valence-electron chi connectivity index (χ4n) is 2.57. The van der Waals surface area contributed by atoms with E-state index < -0.39 is 0 Å². The first kappa shape index (κ1) is 10.5. The van der Waals surface area contributed by atoms with E-state index in [0.29, 0.717) is 6.04 Å². The summed E-state index contributed by atoms with van der Waals surface area (Å²) < 4.78 is 0. The molecular formula is C14H21N. The van der Waals surface area contributed by atoms with Crippen LogP contribution in [0.2, 0.25) is 0 Å². The van der Waals surface area contributed by atoms with Crippen LogP contribution < -0.4 is 4.90 Å². The Balaban J connectivity index is 2.47. The predicted molar refractivity (Wildman–Crippen MR) is 66.6 cm³/mol. The van der Waals surface area contributed by atoms with Gasteiger partial charge >= 0.3 is 0 Å². The highest BCUT2D eigenvalue weighted by Gasteiger charge is 2.20. The van der Waals surface area contributed by atoms with Gasteiger partial charge < -0.3 is 4.90 Å². The van der Waals surface area contributed by atoms with E-state index in [9.17, 15) is 0 Å². The Labute approximate surface area is 93.1 Å². The highest BCUT2D eigenvalue weighted by molar-refractivity contribution is 5.61. The van der Waals surface area contributed by atoms with Crippen LogP contribution in [0.5, 0.6) is 0 Å². The largest absolute Gasteiger partial charge is 0.369 e. The Bertz CT molecular complexity index is 327. The van der Waals surface area contributed by atoms with Crippen LogP contribution in [0.4, 0.5) is 5.69 Å². The van der Waals surface area contributed by atoms with E-state index in [0.717, 1.165) is 6.42 Å². The molecule has 1 heterocycles. The molecule has 0 N–H and O–H groups in total. The number of hydrogen-bond acceptors (Lipinski definition) is 1. The number of aryl methyl sites for hydroxylation is 2. The topological polar surface area (TPSA) is 3.24 Å². The Kier molecular flexibility index (Phi) is 2.99. The summed E-state index contributed by atoms with van der Waals surface area (Å²) in [4.78, 5) is 2.57. The van der Waals surface area contributed by atoms with Crippen LogP contribution in [0.25, 0.3) is 0 Å². The van der Waals surface area contributed by atoms with Gasteiger partial charge in [0.05, 0.1) is 0 Å². The fraction of sp³-hybridized carbons (Fsp3) is 0.571. The minimum atomic E-state index is 0.622. The molecule has 0 fully saturated rings. The molecule has 0 bridgehead atoms. The van der Waals surface area contributed by atoms with Gasteiger partial charge in [0.15, 0.2) is 0 Å². The number of benzene rings is 1. The van der Waals surface area contributed by atoms with Crippen molar-refractivity contribution in [3.8, 4) is 0 Å². The molecule has 0 radical (unpaired) electrons. The maximum absolute atomic E-state index is 2.57. The summed E-state index contributed by atoms with van der Waals surface area (Å²) in [5.74, 6) is 0. The molecule has 1 aromatic rings. The van der Waals surface area contributed by atoms with Gasteiger partial charge in [0.25, 0.3) is 0 Å². The van der Waals surface area contributed by atoms with Crippen molar-refractivity contribution in [3.05, 3.63) is 29.3 Å². The maximum atomic E-state index is 2.57. The summed E-state index contributed by atoms with van der Waals surface area (Å²) in [6.07, 6.45) is 3.71. The molecule has 0 amide bonds. The number of nitrogens with zero attached hydrogens (tertiary/aromatic N) is 1. The molecule has 82 valence electrons. The van der Waals surface area contributed by atoms with Crippen LogP contribution in [-0.2, 0) is 12.8 Å². The van der Waals surface area contributed by atoms with Crippen molar-refractivity contribution in [1.82, 2.24) is 0 Å². The summed E-state index contributed by atoms with van der Waals surface area (Å²) in [5.41, 5.74) is 4.59. The minimum Gasteiger partial charge on any atom is -0.369 e. The van der Waals surface area contributed by atoms with Crippen LogP contribution in [0.15, 0.2) is 18.2 Å². The molecular weight excluding hydrogens is 182 g/mol. The Hall–Kier alpha value is -0.980. The average molecular weight is 203 g/mol. The average Bonchev–Trinajstić information content (AvgIpc) is 2.27. The third-order valence-electron chi connectivity index (χ3n) is 3.34. The SMILES string of the molecule is CCc1cccc2c1N(C(C)C)CCC2. The lowest BCUT2D eigenvalue weighted by Crippen LogP contribution is -2.36. The quantitative estimate of drug-likeness (QED) is 0.712. The van der Waals surface area contributed by atoms with Crippen molar-refractivity contribution in [2.45, 2.75) is 46.1 Å². The molecule has 0 saturated carbocycles. The molecule has 1 heteroatoms. The van der Waals surface area contributed by atoms with Crippen LogP contribution in [0.1, 0.15) is 38.3 Å². The first-order valence-corrected chi connectivity index (χ1v) is 6.11. The van der Waals surface area contributed by atoms with E-state index in [4.69, 9.17) is 0 Å². The first-order valence-electron chi connectivity index (χ1n) is 6.11. The van der Waals surface area contributed by atoms with Gasteiger partial charge in [-0.05, 0) is 44.2 Å². The van der Waals surface area contributed by atoms with Gasteiger partial charge in [0.2, 0.25) is 0 Å². The number of hydrogen-bond donors (Lipinski definition) is 0. The van der Waals surface area contributed by atoms with Crippen molar-refractivity contribution < 1.29 is 0 Å². The zero-order chi connectivity index (χ0) is 10.8. The van der Waals surface area contributed by atoms with Crippen molar-refractivity contribution >= 4 is 5.69 Å². The monoisotopic (exact) mass is 203 g/mol.